The molecular formula is C51H32N4OS. The highest BCUT2D eigenvalue weighted by Crippen LogP contribution is 2.40. The van der Waals surface area contributed by atoms with Gasteiger partial charge in [0.25, 0.3) is 0 Å². The number of nitrogens with one attached hydrogen (secondary N) is 1. The topological polar surface area (TPSA) is 54.8 Å². The van der Waals surface area contributed by atoms with Gasteiger partial charge in [0.15, 0.2) is 6.17 Å². The maximum absolute atomic E-state index is 6.55. The Labute approximate surface area is 331 Å². The number of thiophene rings is 1. The molecule has 4 heterocycles. The van der Waals surface area contributed by atoms with E-state index in [0.29, 0.717) is 0 Å². The van der Waals surface area contributed by atoms with Crippen molar-refractivity contribution in [1.82, 2.24) is 9.88 Å². The molecule has 12 rings (SSSR count). The quantitative estimate of drug-likeness (QED) is 0.191. The number of amidine groups is 2. The molecule has 1 unspecified atom stereocenters. The Kier molecular flexibility index (Phi) is 7.09. The second-order valence-electron chi connectivity index (χ2n) is 14.6. The molecule has 0 amide bonds. The van der Waals surface area contributed by atoms with Crippen LogP contribution in [0.3, 0.4) is 0 Å². The molecule has 0 spiro atoms. The summed E-state index contributed by atoms with van der Waals surface area (Å²) in [6.45, 7) is 0. The van der Waals surface area contributed by atoms with Crippen LogP contribution in [-0.4, -0.2) is 16.2 Å². The smallest absolute Gasteiger partial charge is 0.169 e. The zero-order valence-electron chi connectivity index (χ0n) is 30.6. The van der Waals surface area contributed by atoms with E-state index in [1.54, 1.807) is 11.3 Å². The molecule has 1 N–H and O–H groups in total. The summed E-state index contributed by atoms with van der Waals surface area (Å²) in [6.07, 6.45) is -0.445. The van der Waals surface area contributed by atoms with Gasteiger partial charge in [0, 0.05) is 58.5 Å². The molecule has 0 fully saturated rings. The maximum atomic E-state index is 6.55. The Morgan fingerprint density at radius 3 is 2.09 bits per heavy atom. The van der Waals surface area contributed by atoms with Crippen molar-refractivity contribution in [3.8, 4) is 16.8 Å². The third-order valence-corrected chi connectivity index (χ3v) is 12.5. The van der Waals surface area contributed by atoms with Gasteiger partial charge in [-0.2, -0.15) is 0 Å². The first-order valence-electron chi connectivity index (χ1n) is 19.2. The first-order valence-corrected chi connectivity index (χ1v) is 20.0. The third-order valence-electron chi connectivity index (χ3n) is 11.3. The van der Waals surface area contributed by atoms with E-state index in [2.05, 4.69) is 174 Å². The molecular weight excluding hydrogens is 717 g/mol. The number of hydrogen-bond acceptors (Lipinski definition) is 5. The van der Waals surface area contributed by atoms with E-state index < -0.39 is 6.17 Å². The van der Waals surface area contributed by atoms with Crippen LogP contribution in [0.4, 0.5) is 0 Å². The number of para-hydroxylation sites is 2. The average Bonchev–Trinajstić information content (AvgIpc) is 3.95. The highest BCUT2D eigenvalue weighted by Gasteiger charge is 2.24. The Bertz CT molecular complexity index is 3450. The number of hydrogen-bond donors (Lipinski definition) is 1. The van der Waals surface area contributed by atoms with Crippen molar-refractivity contribution in [3.63, 3.8) is 0 Å². The highest BCUT2D eigenvalue weighted by atomic mass is 32.1. The van der Waals surface area contributed by atoms with Gasteiger partial charge in [0.1, 0.15) is 22.8 Å². The summed E-state index contributed by atoms with van der Waals surface area (Å²) >= 11 is 1.81. The minimum atomic E-state index is -0.445. The summed E-state index contributed by atoms with van der Waals surface area (Å²) < 4.78 is 11.4. The van der Waals surface area contributed by atoms with Gasteiger partial charge in [0.05, 0.1) is 11.0 Å². The zero-order valence-corrected chi connectivity index (χ0v) is 31.4. The SMILES string of the molecule is c1ccc(C2=NC(c3ccc4oc5cc(-c6ccc7c(c6)c6ccccc6n7-c6ccccc6)ccc5c4c3)N=C(c3cccc4c3sc3ccccc34)N2)cc1. The summed E-state index contributed by atoms with van der Waals surface area (Å²) in [4.78, 5) is 10.5. The molecule has 0 aliphatic carbocycles. The Hall–Kier alpha value is -7.28. The van der Waals surface area contributed by atoms with Crippen LogP contribution in [0.5, 0.6) is 0 Å². The van der Waals surface area contributed by atoms with Crippen LogP contribution in [0.1, 0.15) is 22.9 Å². The second kappa shape index (κ2) is 12.6. The minimum absolute atomic E-state index is 0.445. The Balaban J connectivity index is 0.956. The van der Waals surface area contributed by atoms with Crippen LogP contribution >= 0.6 is 11.3 Å². The lowest BCUT2D eigenvalue weighted by atomic mass is 10.0. The van der Waals surface area contributed by atoms with Crippen LogP contribution in [0, 0.1) is 0 Å². The standard InChI is InChI=1S/C51H32N4OS/c1-3-12-31(13-4-1)49-52-50(54-51(53-49)40-19-11-18-39-38-17-8-10-21-47(38)57-48(39)40)34-24-27-45-42(29-34)37-25-22-33(30-46(37)56-45)32-23-26-44-41(28-32)36-16-7-9-20-43(36)55(44)35-14-5-2-6-15-35/h1-30,50H,(H,52,53,54). The number of aromatic nitrogens is 1. The van der Waals surface area contributed by atoms with Crippen molar-refractivity contribution in [2.24, 2.45) is 9.98 Å². The van der Waals surface area contributed by atoms with Crippen LogP contribution < -0.4 is 5.32 Å². The molecule has 3 aromatic heterocycles. The van der Waals surface area contributed by atoms with E-state index in [0.717, 1.165) is 67.1 Å². The summed E-state index contributed by atoms with van der Waals surface area (Å²) in [5.41, 5.74) is 10.6. The Morgan fingerprint density at radius 1 is 0.474 bits per heavy atom. The van der Waals surface area contributed by atoms with E-state index >= 15 is 0 Å². The lowest BCUT2D eigenvalue weighted by Crippen LogP contribution is -2.36. The number of fused-ring (bicyclic) bond motifs is 9. The fraction of sp³-hybridized carbons (Fsp3) is 0.0196. The number of benzene rings is 8. The molecule has 0 saturated carbocycles. The van der Waals surface area contributed by atoms with Crippen LogP contribution in [0.2, 0.25) is 0 Å². The zero-order chi connectivity index (χ0) is 37.5. The molecule has 57 heavy (non-hydrogen) atoms. The molecule has 0 radical (unpaired) electrons. The average molecular weight is 749 g/mol. The van der Waals surface area contributed by atoms with Gasteiger partial charge >= 0.3 is 0 Å². The van der Waals surface area contributed by atoms with E-state index in [1.165, 1.54) is 42.0 Å². The van der Waals surface area contributed by atoms with Crippen LogP contribution in [-0.2, 0) is 0 Å². The van der Waals surface area contributed by atoms with E-state index in [1.807, 2.05) is 18.2 Å². The number of aliphatic imine (C=N–C) groups is 2. The number of furan rings is 1. The van der Waals surface area contributed by atoms with Crippen LogP contribution in [0.15, 0.2) is 196 Å². The van der Waals surface area contributed by atoms with Crippen molar-refractivity contribution in [3.05, 3.63) is 199 Å². The lowest BCUT2D eigenvalue weighted by molar-refractivity contribution is 0.668. The van der Waals surface area contributed by atoms with Gasteiger partial charge in [-0.1, -0.05) is 115 Å². The fourth-order valence-electron chi connectivity index (χ4n) is 8.56. The molecule has 1 aliphatic heterocycles. The van der Waals surface area contributed by atoms with Gasteiger partial charge in [-0.25, -0.2) is 9.98 Å². The summed E-state index contributed by atoms with van der Waals surface area (Å²) in [7, 11) is 0. The van der Waals surface area contributed by atoms with Gasteiger partial charge in [-0.3, -0.25) is 0 Å². The lowest BCUT2D eigenvalue weighted by Gasteiger charge is -2.22. The summed E-state index contributed by atoms with van der Waals surface area (Å²) in [5, 5.41) is 10.7. The minimum Gasteiger partial charge on any atom is -0.456 e. The molecule has 1 aliphatic rings. The molecule has 0 saturated heterocycles. The summed E-state index contributed by atoms with van der Waals surface area (Å²) in [6, 6.07) is 64.4. The molecule has 1 atom stereocenters. The van der Waals surface area contributed by atoms with Gasteiger partial charge in [0.2, 0.25) is 0 Å². The highest BCUT2D eigenvalue weighted by molar-refractivity contribution is 7.26. The maximum Gasteiger partial charge on any atom is 0.169 e. The molecule has 8 aromatic carbocycles. The van der Waals surface area contributed by atoms with Gasteiger partial charge in [-0.15, -0.1) is 11.3 Å². The molecule has 5 nitrogen and oxygen atoms in total. The largest absolute Gasteiger partial charge is 0.456 e. The second-order valence-corrected chi connectivity index (χ2v) is 15.6. The van der Waals surface area contributed by atoms with Gasteiger partial charge in [-0.05, 0) is 83.4 Å². The summed E-state index contributed by atoms with van der Waals surface area (Å²) in [5.74, 6) is 1.62. The van der Waals surface area contributed by atoms with Crippen molar-refractivity contribution >= 4 is 86.9 Å². The monoisotopic (exact) mass is 748 g/mol. The van der Waals surface area contributed by atoms with Gasteiger partial charge < -0.3 is 14.3 Å². The van der Waals surface area contributed by atoms with Crippen LogP contribution in [0.25, 0.3) is 80.7 Å². The van der Waals surface area contributed by atoms with E-state index in [9.17, 15) is 0 Å². The fourth-order valence-corrected chi connectivity index (χ4v) is 9.77. The van der Waals surface area contributed by atoms with Crippen molar-refractivity contribution < 1.29 is 4.42 Å². The number of rotatable bonds is 5. The van der Waals surface area contributed by atoms with Crippen molar-refractivity contribution in [2.45, 2.75) is 6.17 Å². The number of nitrogens with zero attached hydrogens (tertiary/aromatic N) is 3. The first kappa shape index (κ1) is 32.0. The van der Waals surface area contributed by atoms with E-state index in [-0.39, 0.29) is 0 Å². The van der Waals surface area contributed by atoms with E-state index in [4.69, 9.17) is 14.4 Å². The Morgan fingerprint density at radius 2 is 1.19 bits per heavy atom. The predicted molar refractivity (Wildman–Crippen MR) is 238 cm³/mol. The first-order chi connectivity index (χ1) is 28.2. The predicted octanol–water partition coefficient (Wildman–Crippen LogP) is 13.2. The third kappa shape index (κ3) is 5.15. The normalized spacial score (nSPS) is 14.5. The molecule has 0 bridgehead atoms. The molecule has 268 valence electrons. The van der Waals surface area contributed by atoms with Crippen molar-refractivity contribution in [1.29, 1.82) is 0 Å². The van der Waals surface area contributed by atoms with Crippen molar-refractivity contribution in [2.75, 3.05) is 0 Å². The molecule has 11 aromatic rings. The molecule has 6 heteroatoms.